The molecule has 0 saturated heterocycles. The molecule has 20 heavy (non-hydrogen) atoms. The van der Waals surface area contributed by atoms with Gasteiger partial charge in [0, 0.05) is 5.69 Å². The average molecular weight is 305 g/mol. The first kappa shape index (κ1) is 14.8. The lowest BCUT2D eigenvalue weighted by Gasteiger charge is -2.16. The highest BCUT2D eigenvalue weighted by molar-refractivity contribution is 7.80. The maximum atomic E-state index is 6.10. The quantitative estimate of drug-likeness (QED) is 0.757. The van der Waals surface area contributed by atoms with Crippen LogP contribution >= 0.6 is 23.8 Å². The van der Waals surface area contributed by atoms with Gasteiger partial charge < -0.3 is 10.6 Å². The van der Waals surface area contributed by atoms with Gasteiger partial charge in [-0.05, 0) is 56.2 Å². The Bertz CT molecular complexity index is 630. The Labute approximate surface area is 130 Å². The molecule has 0 aliphatic rings. The molecule has 0 aliphatic heterocycles. The molecule has 0 spiro atoms. The van der Waals surface area contributed by atoms with E-state index in [4.69, 9.17) is 23.8 Å². The van der Waals surface area contributed by atoms with E-state index in [9.17, 15) is 0 Å². The molecule has 0 fully saturated rings. The smallest absolute Gasteiger partial charge is 0.175 e. The number of para-hydroxylation sites is 1. The molecular formula is C16H17ClN2S. The summed E-state index contributed by atoms with van der Waals surface area (Å²) in [6, 6.07) is 11.8. The van der Waals surface area contributed by atoms with Crippen molar-refractivity contribution in [3.63, 3.8) is 0 Å². The van der Waals surface area contributed by atoms with Crippen molar-refractivity contribution in [2.24, 2.45) is 0 Å². The summed E-state index contributed by atoms with van der Waals surface area (Å²) in [6.07, 6.45) is 0. The Morgan fingerprint density at radius 3 is 2.20 bits per heavy atom. The molecule has 2 rings (SSSR count). The Hall–Kier alpha value is -1.58. The van der Waals surface area contributed by atoms with Crippen LogP contribution in [0.2, 0.25) is 5.02 Å². The highest BCUT2D eigenvalue weighted by Gasteiger charge is 2.07. The van der Waals surface area contributed by atoms with E-state index in [0.717, 1.165) is 11.4 Å². The van der Waals surface area contributed by atoms with Crippen LogP contribution in [0, 0.1) is 20.8 Å². The zero-order chi connectivity index (χ0) is 14.7. The number of halogens is 1. The van der Waals surface area contributed by atoms with Crippen molar-refractivity contribution in [2.75, 3.05) is 10.6 Å². The number of anilines is 2. The lowest BCUT2D eigenvalue weighted by molar-refractivity contribution is 1.32. The molecule has 2 aromatic carbocycles. The molecule has 2 aromatic rings. The number of benzene rings is 2. The minimum Gasteiger partial charge on any atom is -0.332 e. The van der Waals surface area contributed by atoms with Gasteiger partial charge in [-0.1, -0.05) is 41.4 Å². The maximum absolute atomic E-state index is 6.10. The zero-order valence-corrected chi connectivity index (χ0v) is 13.3. The summed E-state index contributed by atoms with van der Waals surface area (Å²) in [5.41, 5.74) is 5.43. The summed E-state index contributed by atoms with van der Waals surface area (Å²) in [5, 5.41) is 7.54. The van der Waals surface area contributed by atoms with Gasteiger partial charge in [0.1, 0.15) is 0 Å². The first-order valence-electron chi connectivity index (χ1n) is 6.38. The van der Waals surface area contributed by atoms with E-state index in [1.165, 1.54) is 16.7 Å². The third-order valence-corrected chi connectivity index (χ3v) is 3.57. The van der Waals surface area contributed by atoms with E-state index >= 15 is 0 Å². The minimum absolute atomic E-state index is 0.535. The lowest BCUT2D eigenvalue weighted by Crippen LogP contribution is -2.20. The molecule has 2 nitrogen and oxygen atoms in total. The fourth-order valence-corrected chi connectivity index (χ4v) is 2.60. The summed E-state index contributed by atoms with van der Waals surface area (Å²) < 4.78 is 0. The normalized spacial score (nSPS) is 10.2. The molecule has 2 N–H and O–H groups in total. The third kappa shape index (κ3) is 3.50. The van der Waals surface area contributed by atoms with Gasteiger partial charge in [0.05, 0.1) is 10.7 Å². The van der Waals surface area contributed by atoms with E-state index in [0.29, 0.717) is 10.1 Å². The second kappa shape index (κ2) is 6.25. The Morgan fingerprint density at radius 1 is 1.00 bits per heavy atom. The van der Waals surface area contributed by atoms with Gasteiger partial charge in [-0.2, -0.15) is 0 Å². The van der Waals surface area contributed by atoms with Crippen LogP contribution in [-0.2, 0) is 0 Å². The number of rotatable bonds is 2. The van der Waals surface area contributed by atoms with Gasteiger partial charge in [0.15, 0.2) is 5.11 Å². The topological polar surface area (TPSA) is 24.1 Å². The van der Waals surface area contributed by atoms with Crippen molar-refractivity contribution in [2.45, 2.75) is 20.8 Å². The number of aryl methyl sites for hydroxylation is 3. The van der Waals surface area contributed by atoms with Gasteiger partial charge in [-0.3, -0.25) is 0 Å². The van der Waals surface area contributed by atoms with Gasteiger partial charge in [0.25, 0.3) is 0 Å². The predicted molar refractivity (Wildman–Crippen MR) is 91.9 cm³/mol. The van der Waals surface area contributed by atoms with Crippen LogP contribution in [-0.4, -0.2) is 5.11 Å². The van der Waals surface area contributed by atoms with Gasteiger partial charge >= 0.3 is 0 Å². The van der Waals surface area contributed by atoms with Crippen molar-refractivity contribution in [3.8, 4) is 0 Å². The summed E-state index contributed by atoms with van der Waals surface area (Å²) >= 11 is 11.5. The number of thiocarbonyl (C=S) groups is 1. The SMILES string of the molecule is Cc1cc(C)c(NC(=S)Nc2ccccc2Cl)c(C)c1. The average Bonchev–Trinajstić information content (AvgIpc) is 2.36. The molecule has 0 aliphatic carbocycles. The first-order chi connectivity index (χ1) is 9.47. The van der Waals surface area contributed by atoms with Crippen molar-refractivity contribution in [1.82, 2.24) is 0 Å². The molecule has 104 valence electrons. The van der Waals surface area contributed by atoms with Crippen molar-refractivity contribution in [3.05, 3.63) is 58.1 Å². The van der Waals surface area contributed by atoms with Crippen molar-refractivity contribution in [1.29, 1.82) is 0 Å². The summed E-state index contributed by atoms with van der Waals surface area (Å²) in [6.45, 7) is 6.23. The number of nitrogens with one attached hydrogen (secondary N) is 2. The first-order valence-corrected chi connectivity index (χ1v) is 7.16. The van der Waals surface area contributed by atoms with E-state index in [1.54, 1.807) is 0 Å². The van der Waals surface area contributed by atoms with Gasteiger partial charge in [-0.25, -0.2) is 0 Å². The Balaban J connectivity index is 2.15. The molecule has 4 heteroatoms. The van der Waals surface area contributed by atoms with Gasteiger partial charge in [-0.15, -0.1) is 0 Å². The van der Waals surface area contributed by atoms with E-state index in [2.05, 4.69) is 43.5 Å². The van der Waals surface area contributed by atoms with Crippen LogP contribution in [0.15, 0.2) is 36.4 Å². The summed E-state index contributed by atoms with van der Waals surface area (Å²) in [7, 11) is 0. The highest BCUT2D eigenvalue weighted by Crippen LogP contribution is 2.24. The molecule has 0 unspecified atom stereocenters. The molecule has 0 radical (unpaired) electrons. The van der Waals surface area contributed by atoms with Crippen LogP contribution in [0.4, 0.5) is 11.4 Å². The number of hydrogen-bond acceptors (Lipinski definition) is 1. The molecule has 0 aromatic heterocycles. The highest BCUT2D eigenvalue weighted by atomic mass is 35.5. The third-order valence-electron chi connectivity index (χ3n) is 3.04. The van der Waals surface area contributed by atoms with Crippen LogP contribution in [0.1, 0.15) is 16.7 Å². The monoisotopic (exact) mass is 304 g/mol. The zero-order valence-electron chi connectivity index (χ0n) is 11.8. The van der Waals surface area contributed by atoms with Crippen molar-refractivity contribution < 1.29 is 0 Å². The maximum Gasteiger partial charge on any atom is 0.175 e. The standard InChI is InChI=1S/C16H17ClN2S/c1-10-8-11(2)15(12(3)9-10)19-16(20)18-14-7-5-4-6-13(14)17/h4-9H,1-3H3,(H2,18,19,20). The lowest BCUT2D eigenvalue weighted by atomic mass is 10.1. The van der Waals surface area contributed by atoms with Crippen LogP contribution in [0.5, 0.6) is 0 Å². The number of hydrogen-bond donors (Lipinski definition) is 2. The predicted octanol–water partition coefficient (Wildman–Crippen LogP) is 5.07. The Kier molecular flexibility index (Phi) is 4.63. The molecule has 0 atom stereocenters. The van der Waals surface area contributed by atoms with Crippen LogP contribution in [0.25, 0.3) is 0 Å². The molecular weight excluding hydrogens is 288 g/mol. The van der Waals surface area contributed by atoms with E-state index in [1.807, 2.05) is 24.3 Å². The minimum atomic E-state index is 0.535. The molecule has 0 heterocycles. The fourth-order valence-electron chi connectivity index (χ4n) is 2.21. The fraction of sp³-hybridized carbons (Fsp3) is 0.188. The Morgan fingerprint density at radius 2 is 1.60 bits per heavy atom. The summed E-state index contributed by atoms with van der Waals surface area (Å²) in [5.74, 6) is 0. The van der Waals surface area contributed by atoms with Crippen LogP contribution < -0.4 is 10.6 Å². The van der Waals surface area contributed by atoms with Gasteiger partial charge in [0.2, 0.25) is 0 Å². The van der Waals surface area contributed by atoms with E-state index in [-0.39, 0.29) is 0 Å². The van der Waals surface area contributed by atoms with Crippen molar-refractivity contribution >= 4 is 40.3 Å². The second-order valence-electron chi connectivity index (χ2n) is 4.83. The molecule has 0 saturated carbocycles. The summed E-state index contributed by atoms with van der Waals surface area (Å²) in [4.78, 5) is 0. The second-order valence-corrected chi connectivity index (χ2v) is 5.65. The molecule has 0 amide bonds. The van der Waals surface area contributed by atoms with E-state index < -0.39 is 0 Å². The largest absolute Gasteiger partial charge is 0.332 e. The van der Waals surface area contributed by atoms with Crippen LogP contribution in [0.3, 0.4) is 0 Å². The molecule has 0 bridgehead atoms.